The van der Waals surface area contributed by atoms with Crippen molar-refractivity contribution in [3.8, 4) is 0 Å². The molecule has 0 fully saturated rings. The van der Waals surface area contributed by atoms with Gasteiger partial charge in [0.05, 0.1) is 7.11 Å². The molecule has 78 valence electrons. The SMILES string of the molecule is CON1C=CCc2cc(F)ccc2C1=O. The summed E-state index contributed by atoms with van der Waals surface area (Å²) >= 11 is 0. The number of hydrogen-bond acceptors (Lipinski definition) is 2. The highest BCUT2D eigenvalue weighted by Gasteiger charge is 2.19. The third-order valence-corrected chi connectivity index (χ3v) is 2.27. The van der Waals surface area contributed by atoms with Gasteiger partial charge in [0.1, 0.15) is 5.82 Å². The predicted octanol–water partition coefficient (Wildman–Crippen LogP) is 1.90. The average Bonchev–Trinajstić information content (AvgIpc) is 2.37. The molecule has 2 rings (SSSR count). The Balaban J connectivity index is 2.48. The van der Waals surface area contributed by atoms with Crippen molar-refractivity contribution >= 4 is 5.91 Å². The van der Waals surface area contributed by atoms with Crippen molar-refractivity contribution in [3.63, 3.8) is 0 Å². The van der Waals surface area contributed by atoms with Gasteiger partial charge in [-0.2, -0.15) is 5.06 Å². The number of carbonyl (C=O) groups excluding carboxylic acids is 1. The van der Waals surface area contributed by atoms with Gasteiger partial charge in [-0.1, -0.05) is 6.08 Å². The first-order valence-corrected chi connectivity index (χ1v) is 4.55. The zero-order valence-corrected chi connectivity index (χ0v) is 8.24. The molecule has 0 N–H and O–H groups in total. The molecule has 0 aliphatic carbocycles. The maximum atomic E-state index is 13.0. The minimum atomic E-state index is -0.333. The summed E-state index contributed by atoms with van der Waals surface area (Å²) in [6, 6.07) is 4.12. The fraction of sp³-hybridized carbons (Fsp3) is 0.182. The summed E-state index contributed by atoms with van der Waals surface area (Å²) in [7, 11) is 1.41. The lowest BCUT2D eigenvalue weighted by Gasteiger charge is -2.14. The van der Waals surface area contributed by atoms with E-state index in [-0.39, 0.29) is 11.7 Å². The van der Waals surface area contributed by atoms with Crippen molar-refractivity contribution < 1.29 is 14.0 Å². The summed E-state index contributed by atoms with van der Waals surface area (Å²) in [5.74, 6) is -0.609. The fourth-order valence-corrected chi connectivity index (χ4v) is 1.55. The van der Waals surface area contributed by atoms with E-state index in [2.05, 4.69) is 0 Å². The molecule has 0 saturated carbocycles. The second-order valence-electron chi connectivity index (χ2n) is 3.20. The van der Waals surface area contributed by atoms with E-state index in [1.807, 2.05) is 0 Å². The topological polar surface area (TPSA) is 29.5 Å². The van der Waals surface area contributed by atoms with Crippen LogP contribution in [0.25, 0.3) is 0 Å². The van der Waals surface area contributed by atoms with E-state index in [1.54, 1.807) is 12.3 Å². The van der Waals surface area contributed by atoms with Gasteiger partial charge in [0, 0.05) is 11.8 Å². The lowest BCUT2D eigenvalue weighted by atomic mass is 10.0. The smallest absolute Gasteiger partial charge is 0.270 e. The molecule has 4 heteroatoms. The Morgan fingerprint density at radius 3 is 3.00 bits per heavy atom. The molecule has 1 heterocycles. The Labute approximate surface area is 86.7 Å². The quantitative estimate of drug-likeness (QED) is 0.703. The Morgan fingerprint density at radius 1 is 1.47 bits per heavy atom. The van der Waals surface area contributed by atoms with E-state index >= 15 is 0 Å². The third-order valence-electron chi connectivity index (χ3n) is 2.27. The number of halogens is 1. The van der Waals surface area contributed by atoms with Gasteiger partial charge >= 0.3 is 0 Å². The van der Waals surface area contributed by atoms with Gasteiger partial charge in [-0.25, -0.2) is 4.39 Å². The summed E-state index contributed by atoms with van der Waals surface area (Å²) in [6.07, 6.45) is 3.83. The van der Waals surface area contributed by atoms with E-state index in [0.717, 1.165) is 5.06 Å². The molecule has 1 aliphatic rings. The number of fused-ring (bicyclic) bond motifs is 1. The van der Waals surface area contributed by atoms with Crippen LogP contribution in [0.3, 0.4) is 0 Å². The lowest BCUT2D eigenvalue weighted by Crippen LogP contribution is -2.24. The maximum absolute atomic E-state index is 13.0. The molecule has 1 aromatic rings. The van der Waals surface area contributed by atoms with Crippen LogP contribution in [0.2, 0.25) is 0 Å². The van der Waals surface area contributed by atoms with Crippen LogP contribution in [0.5, 0.6) is 0 Å². The number of benzene rings is 1. The molecule has 0 saturated heterocycles. The molecule has 1 amide bonds. The van der Waals surface area contributed by atoms with E-state index in [9.17, 15) is 9.18 Å². The van der Waals surface area contributed by atoms with Crippen LogP contribution in [0.15, 0.2) is 30.5 Å². The highest BCUT2D eigenvalue weighted by molar-refractivity contribution is 5.96. The first kappa shape index (κ1) is 9.86. The Bertz CT molecular complexity index is 429. The Morgan fingerprint density at radius 2 is 2.27 bits per heavy atom. The highest BCUT2D eigenvalue weighted by Crippen LogP contribution is 2.18. The monoisotopic (exact) mass is 207 g/mol. The summed E-state index contributed by atoms with van der Waals surface area (Å²) in [4.78, 5) is 16.7. The average molecular weight is 207 g/mol. The molecule has 0 unspecified atom stereocenters. The van der Waals surface area contributed by atoms with E-state index in [1.165, 1.54) is 25.3 Å². The summed E-state index contributed by atoms with van der Waals surface area (Å²) < 4.78 is 13.0. The molecule has 0 atom stereocenters. The Kier molecular flexibility index (Phi) is 2.51. The summed E-state index contributed by atoms with van der Waals surface area (Å²) in [5.41, 5.74) is 1.15. The number of nitrogens with zero attached hydrogens (tertiary/aromatic N) is 1. The molecule has 0 spiro atoms. The number of rotatable bonds is 1. The van der Waals surface area contributed by atoms with Crippen LogP contribution >= 0.6 is 0 Å². The van der Waals surface area contributed by atoms with Gasteiger partial charge in [0.15, 0.2) is 0 Å². The Hall–Kier alpha value is -1.68. The zero-order chi connectivity index (χ0) is 10.8. The van der Waals surface area contributed by atoms with Crippen LogP contribution in [-0.4, -0.2) is 18.1 Å². The molecular formula is C11H10FNO2. The van der Waals surface area contributed by atoms with Gasteiger partial charge in [0.25, 0.3) is 5.91 Å². The summed E-state index contributed by atoms with van der Waals surface area (Å²) in [6.45, 7) is 0. The standard InChI is InChI=1S/C11H10FNO2/c1-15-13-6-2-3-8-7-9(12)4-5-10(8)11(13)14/h2,4-7H,3H2,1H3. The molecule has 0 radical (unpaired) electrons. The number of amides is 1. The van der Waals surface area contributed by atoms with Crippen molar-refractivity contribution in [1.29, 1.82) is 0 Å². The lowest BCUT2D eigenvalue weighted by molar-refractivity contribution is -0.0583. The largest absolute Gasteiger partial charge is 0.281 e. The summed E-state index contributed by atoms with van der Waals surface area (Å²) in [5, 5.41) is 1.13. The first-order valence-electron chi connectivity index (χ1n) is 4.55. The van der Waals surface area contributed by atoms with Crippen molar-refractivity contribution in [1.82, 2.24) is 5.06 Å². The number of carbonyl (C=O) groups is 1. The molecule has 0 aromatic heterocycles. The van der Waals surface area contributed by atoms with Crippen LogP contribution in [0.1, 0.15) is 15.9 Å². The molecule has 1 aliphatic heterocycles. The minimum absolute atomic E-state index is 0.277. The van der Waals surface area contributed by atoms with Gasteiger partial charge in [0.2, 0.25) is 0 Å². The maximum Gasteiger partial charge on any atom is 0.281 e. The van der Waals surface area contributed by atoms with Gasteiger partial charge in [-0.3, -0.25) is 9.63 Å². The molecule has 15 heavy (non-hydrogen) atoms. The third kappa shape index (κ3) is 1.76. The first-order chi connectivity index (χ1) is 7.22. The molecular weight excluding hydrogens is 197 g/mol. The van der Waals surface area contributed by atoms with Gasteiger partial charge < -0.3 is 0 Å². The van der Waals surface area contributed by atoms with E-state index < -0.39 is 0 Å². The number of hydrogen-bond donors (Lipinski definition) is 0. The van der Waals surface area contributed by atoms with Crippen molar-refractivity contribution in [3.05, 3.63) is 47.4 Å². The molecule has 3 nitrogen and oxygen atoms in total. The predicted molar refractivity (Wildman–Crippen MR) is 52.4 cm³/mol. The van der Waals surface area contributed by atoms with Crippen molar-refractivity contribution in [2.75, 3.05) is 7.11 Å². The highest BCUT2D eigenvalue weighted by atomic mass is 19.1. The van der Waals surface area contributed by atoms with Crippen LogP contribution in [0, 0.1) is 5.82 Å². The molecule has 0 bridgehead atoms. The minimum Gasteiger partial charge on any atom is -0.270 e. The van der Waals surface area contributed by atoms with Gasteiger partial charge in [-0.05, 0) is 30.2 Å². The number of hydroxylamine groups is 2. The van der Waals surface area contributed by atoms with E-state index in [0.29, 0.717) is 17.5 Å². The van der Waals surface area contributed by atoms with Crippen molar-refractivity contribution in [2.24, 2.45) is 0 Å². The van der Waals surface area contributed by atoms with Crippen LogP contribution in [0.4, 0.5) is 4.39 Å². The fourth-order valence-electron chi connectivity index (χ4n) is 1.55. The second-order valence-corrected chi connectivity index (χ2v) is 3.20. The van der Waals surface area contributed by atoms with E-state index in [4.69, 9.17) is 4.84 Å². The number of allylic oxidation sites excluding steroid dienone is 1. The van der Waals surface area contributed by atoms with Crippen molar-refractivity contribution in [2.45, 2.75) is 6.42 Å². The van der Waals surface area contributed by atoms with Crippen LogP contribution < -0.4 is 0 Å². The second kappa shape index (κ2) is 3.82. The van der Waals surface area contributed by atoms with Crippen LogP contribution in [-0.2, 0) is 11.3 Å². The zero-order valence-electron chi connectivity index (χ0n) is 8.24. The molecule has 1 aromatic carbocycles. The van der Waals surface area contributed by atoms with Gasteiger partial charge in [-0.15, -0.1) is 0 Å². The normalized spacial score (nSPS) is 15.1.